The predicted molar refractivity (Wildman–Crippen MR) is 106 cm³/mol. The first-order chi connectivity index (χ1) is 13.2. The van der Waals surface area contributed by atoms with E-state index in [1.165, 1.54) is 0 Å². The molecule has 138 valence electrons. The van der Waals surface area contributed by atoms with E-state index >= 15 is 0 Å². The minimum Gasteiger partial charge on any atom is -0.454 e. The summed E-state index contributed by atoms with van der Waals surface area (Å²) in [6.07, 6.45) is 0. The van der Waals surface area contributed by atoms with Crippen LogP contribution in [0.25, 0.3) is 0 Å². The lowest BCUT2D eigenvalue weighted by atomic mass is 10.1. The molecule has 2 heterocycles. The number of carbonyl (C=O) groups is 1. The number of rotatable bonds is 6. The molecule has 0 spiro atoms. The highest BCUT2D eigenvalue weighted by molar-refractivity contribution is 7.98. The van der Waals surface area contributed by atoms with Crippen LogP contribution in [0.3, 0.4) is 0 Å². The molecule has 0 aliphatic carbocycles. The van der Waals surface area contributed by atoms with E-state index in [1.54, 1.807) is 35.0 Å². The number of hydrogen-bond acceptors (Lipinski definition) is 6. The minimum absolute atomic E-state index is 0.0104. The smallest absolute Gasteiger partial charge is 0.253 e. The van der Waals surface area contributed by atoms with Gasteiger partial charge in [0.25, 0.3) is 5.91 Å². The maximum atomic E-state index is 12.7. The number of thioether (sulfide) groups is 1. The van der Waals surface area contributed by atoms with E-state index in [2.05, 4.69) is 10.4 Å². The maximum Gasteiger partial charge on any atom is 0.253 e. The molecule has 7 heteroatoms. The van der Waals surface area contributed by atoms with Gasteiger partial charge >= 0.3 is 0 Å². The fourth-order valence-electron chi connectivity index (χ4n) is 2.77. The van der Waals surface area contributed by atoms with E-state index in [4.69, 9.17) is 9.47 Å². The van der Waals surface area contributed by atoms with Crippen LogP contribution in [0.1, 0.15) is 21.6 Å². The third-order valence-corrected chi connectivity index (χ3v) is 5.86. The maximum absolute atomic E-state index is 12.7. The molecule has 3 aromatic rings. The summed E-state index contributed by atoms with van der Waals surface area (Å²) in [5.74, 6) is 2.30. The Morgan fingerprint density at radius 1 is 1.19 bits per heavy atom. The Labute approximate surface area is 165 Å². The molecule has 1 aromatic heterocycles. The van der Waals surface area contributed by atoms with Gasteiger partial charge in [0, 0.05) is 35.2 Å². The first kappa shape index (κ1) is 17.9. The van der Waals surface area contributed by atoms with Crippen molar-refractivity contribution in [1.29, 1.82) is 0 Å². The fraction of sp³-hybridized carbons (Fsp3) is 0.200. The van der Waals surface area contributed by atoms with Crippen LogP contribution in [-0.4, -0.2) is 29.6 Å². The molecule has 0 unspecified atom stereocenters. The summed E-state index contributed by atoms with van der Waals surface area (Å²) in [6, 6.07) is 13.5. The summed E-state index contributed by atoms with van der Waals surface area (Å²) in [5, 5.41) is 2.05. The van der Waals surface area contributed by atoms with Gasteiger partial charge in [-0.15, -0.1) is 23.1 Å². The SMILES string of the molecule is CN(Cc1ccc2c(c1)OCO2)C(=O)c1ccc(SCc2cscn2)cc1. The molecule has 1 aliphatic heterocycles. The molecule has 0 N–H and O–H groups in total. The Bertz CT molecular complexity index is 927. The number of nitrogens with zero attached hydrogens (tertiary/aromatic N) is 2. The number of thiazole rings is 1. The number of fused-ring (bicyclic) bond motifs is 1. The summed E-state index contributed by atoms with van der Waals surface area (Å²) in [7, 11) is 1.80. The predicted octanol–water partition coefficient (Wildman–Crippen LogP) is 4.44. The Morgan fingerprint density at radius 2 is 2.00 bits per heavy atom. The van der Waals surface area contributed by atoms with Crippen molar-refractivity contribution < 1.29 is 14.3 Å². The standard InChI is InChI=1S/C20H18N2O3S2/c1-22(9-14-2-7-18-19(8-14)25-13-24-18)20(23)15-3-5-17(6-4-15)27-11-16-10-26-12-21-16/h2-8,10,12H,9,11,13H2,1H3. The monoisotopic (exact) mass is 398 g/mol. The van der Waals surface area contributed by atoms with E-state index in [0.29, 0.717) is 12.1 Å². The van der Waals surface area contributed by atoms with E-state index < -0.39 is 0 Å². The largest absolute Gasteiger partial charge is 0.454 e. The van der Waals surface area contributed by atoms with Crippen LogP contribution in [0.2, 0.25) is 0 Å². The Morgan fingerprint density at radius 3 is 2.78 bits per heavy atom. The highest BCUT2D eigenvalue weighted by Gasteiger charge is 2.16. The van der Waals surface area contributed by atoms with Crippen molar-refractivity contribution in [1.82, 2.24) is 9.88 Å². The van der Waals surface area contributed by atoms with E-state index in [1.807, 2.05) is 48.0 Å². The van der Waals surface area contributed by atoms with Crippen molar-refractivity contribution in [2.75, 3.05) is 13.8 Å². The van der Waals surface area contributed by atoms with E-state index in [-0.39, 0.29) is 12.7 Å². The Hall–Kier alpha value is -2.51. The van der Waals surface area contributed by atoms with Crippen LogP contribution in [-0.2, 0) is 12.3 Å². The van der Waals surface area contributed by atoms with Crippen molar-refractivity contribution >= 4 is 29.0 Å². The van der Waals surface area contributed by atoms with Gasteiger partial charge in [-0.25, -0.2) is 4.98 Å². The second kappa shape index (κ2) is 8.02. The summed E-state index contributed by atoms with van der Waals surface area (Å²) in [6.45, 7) is 0.760. The number of amides is 1. The molecule has 4 rings (SSSR count). The minimum atomic E-state index is -0.0104. The van der Waals surface area contributed by atoms with Crippen molar-refractivity contribution in [3.05, 3.63) is 70.2 Å². The molecule has 0 bridgehead atoms. The fourth-order valence-corrected chi connectivity index (χ4v) is 4.23. The van der Waals surface area contributed by atoms with Crippen LogP contribution in [0.4, 0.5) is 0 Å². The summed E-state index contributed by atoms with van der Waals surface area (Å²) in [4.78, 5) is 19.8. The van der Waals surface area contributed by atoms with Crippen molar-refractivity contribution in [3.63, 3.8) is 0 Å². The number of carbonyl (C=O) groups excluding carboxylic acids is 1. The quantitative estimate of drug-likeness (QED) is 0.575. The Balaban J connectivity index is 1.36. The molecule has 0 fully saturated rings. The summed E-state index contributed by atoms with van der Waals surface area (Å²) < 4.78 is 10.7. The third-order valence-electron chi connectivity index (χ3n) is 4.17. The van der Waals surface area contributed by atoms with Gasteiger partial charge in [0.15, 0.2) is 11.5 Å². The third kappa shape index (κ3) is 4.26. The molecule has 27 heavy (non-hydrogen) atoms. The van der Waals surface area contributed by atoms with Gasteiger partial charge in [-0.1, -0.05) is 6.07 Å². The van der Waals surface area contributed by atoms with Crippen LogP contribution in [0.5, 0.6) is 11.5 Å². The lowest BCUT2D eigenvalue weighted by Crippen LogP contribution is -2.26. The van der Waals surface area contributed by atoms with Gasteiger partial charge in [0.2, 0.25) is 6.79 Å². The average Bonchev–Trinajstić information content (AvgIpc) is 3.37. The highest BCUT2D eigenvalue weighted by atomic mass is 32.2. The summed E-state index contributed by atoms with van der Waals surface area (Å²) >= 11 is 3.32. The van der Waals surface area contributed by atoms with Crippen molar-refractivity contribution in [2.45, 2.75) is 17.2 Å². The molecule has 0 saturated carbocycles. The molecule has 0 atom stereocenters. The van der Waals surface area contributed by atoms with Crippen LogP contribution in [0.15, 0.2) is 58.3 Å². The first-order valence-electron chi connectivity index (χ1n) is 8.43. The first-order valence-corrected chi connectivity index (χ1v) is 10.4. The molecular weight excluding hydrogens is 380 g/mol. The van der Waals surface area contributed by atoms with Gasteiger partial charge in [-0.05, 0) is 42.0 Å². The number of hydrogen-bond donors (Lipinski definition) is 0. The molecule has 5 nitrogen and oxygen atoms in total. The Kier molecular flexibility index (Phi) is 5.31. The van der Waals surface area contributed by atoms with Gasteiger partial charge < -0.3 is 14.4 Å². The van der Waals surface area contributed by atoms with E-state index in [0.717, 1.165) is 33.4 Å². The lowest BCUT2D eigenvalue weighted by molar-refractivity contribution is 0.0785. The molecule has 2 aromatic carbocycles. The van der Waals surface area contributed by atoms with Crippen LogP contribution < -0.4 is 9.47 Å². The van der Waals surface area contributed by atoms with Gasteiger partial charge in [-0.2, -0.15) is 0 Å². The summed E-state index contributed by atoms with van der Waals surface area (Å²) in [5.41, 5.74) is 4.60. The van der Waals surface area contributed by atoms with Crippen molar-refractivity contribution in [3.8, 4) is 11.5 Å². The molecule has 1 aliphatic rings. The second-order valence-electron chi connectivity index (χ2n) is 6.14. The van der Waals surface area contributed by atoms with Gasteiger partial charge in [0.05, 0.1) is 11.2 Å². The number of ether oxygens (including phenoxy) is 2. The second-order valence-corrected chi connectivity index (χ2v) is 7.91. The van der Waals surface area contributed by atoms with Crippen molar-refractivity contribution in [2.24, 2.45) is 0 Å². The van der Waals surface area contributed by atoms with E-state index in [9.17, 15) is 4.79 Å². The zero-order chi connectivity index (χ0) is 18.6. The zero-order valence-electron chi connectivity index (χ0n) is 14.8. The van der Waals surface area contributed by atoms with Crippen LogP contribution in [0, 0.1) is 0 Å². The molecule has 0 radical (unpaired) electrons. The molecule has 1 amide bonds. The average molecular weight is 399 g/mol. The topological polar surface area (TPSA) is 51.7 Å². The molecular formula is C20H18N2O3S2. The lowest BCUT2D eigenvalue weighted by Gasteiger charge is -2.17. The van der Waals surface area contributed by atoms with Gasteiger partial charge in [-0.3, -0.25) is 4.79 Å². The van der Waals surface area contributed by atoms with Crippen LogP contribution >= 0.6 is 23.1 Å². The highest BCUT2D eigenvalue weighted by Crippen LogP contribution is 2.32. The number of aromatic nitrogens is 1. The molecule has 0 saturated heterocycles. The number of benzene rings is 2. The zero-order valence-corrected chi connectivity index (χ0v) is 16.4. The normalized spacial score (nSPS) is 12.2. The van der Waals surface area contributed by atoms with Gasteiger partial charge in [0.1, 0.15) is 0 Å².